The van der Waals surface area contributed by atoms with E-state index in [-0.39, 0.29) is 11.5 Å². The van der Waals surface area contributed by atoms with E-state index in [1.807, 2.05) is 30.3 Å². The van der Waals surface area contributed by atoms with Gasteiger partial charge in [0, 0.05) is 5.56 Å². The molecule has 0 saturated heterocycles. The van der Waals surface area contributed by atoms with E-state index < -0.39 is 7.82 Å². The van der Waals surface area contributed by atoms with Crippen LogP contribution in [0.3, 0.4) is 0 Å². The number of hydrogen-bond donors (Lipinski definition) is 1. The molecule has 1 heterocycles. The average Bonchev–Trinajstić information content (AvgIpc) is 2.64. The van der Waals surface area contributed by atoms with Crippen LogP contribution in [0.1, 0.15) is 0 Å². The molecule has 1 unspecified atom stereocenters. The number of phosphoric acid groups is 1. The average molecular weight is 283 g/mol. The second-order valence-corrected chi connectivity index (χ2v) is 5.48. The highest BCUT2D eigenvalue weighted by atomic mass is 35.5. The molecule has 1 aliphatic heterocycles. The van der Waals surface area contributed by atoms with Crippen molar-refractivity contribution in [1.82, 2.24) is 0 Å². The van der Waals surface area contributed by atoms with E-state index in [2.05, 4.69) is 0 Å². The zero-order chi connectivity index (χ0) is 12.8. The Balaban J connectivity index is 2.23. The van der Waals surface area contributed by atoms with Crippen LogP contribution in [-0.4, -0.2) is 4.89 Å². The summed E-state index contributed by atoms with van der Waals surface area (Å²) in [5.41, 5.74) is 1.35. The minimum Gasteiger partial charge on any atom is -0.391 e. The van der Waals surface area contributed by atoms with Gasteiger partial charge in [0.05, 0.1) is 5.02 Å². The van der Waals surface area contributed by atoms with Crippen LogP contribution in [0.15, 0.2) is 42.5 Å². The van der Waals surface area contributed by atoms with Crippen LogP contribution in [0.2, 0.25) is 5.02 Å². The SMILES string of the molecule is O=P1(O)Oc2ccc(Cl)c(-c3ccccc3)c2O1. The molecule has 0 bridgehead atoms. The van der Waals surface area contributed by atoms with Crippen molar-refractivity contribution in [2.75, 3.05) is 0 Å². The number of benzene rings is 2. The van der Waals surface area contributed by atoms with E-state index in [0.29, 0.717) is 10.6 Å². The van der Waals surface area contributed by atoms with Gasteiger partial charge in [0.25, 0.3) is 0 Å². The summed E-state index contributed by atoms with van der Waals surface area (Å²) in [6.45, 7) is 0. The first kappa shape index (κ1) is 11.6. The Labute approximate surface area is 108 Å². The van der Waals surface area contributed by atoms with Crippen molar-refractivity contribution in [3.63, 3.8) is 0 Å². The first-order valence-corrected chi connectivity index (χ1v) is 7.04. The molecular formula is C12H8ClO4P. The topological polar surface area (TPSA) is 55.8 Å². The largest absolute Gasteiger partial charge is 0.585 e. The summed E-state index contributed by atoms with van der Waals surface area (Å²) in [5, 5.41) is 0.436. The van der Waals surface area contributed by atoms with Gasteiger partial charge < -0.3 is 9.05 Å². The summed E-state index contributed by atoms with van der Waals surface area (Å²) in [5.74, 6) is 0.434. The van der Waals surface area contributed by atoms with Crippen LogP contribution in [0.25, 0.3) is 11.1 Å². The van der Waals surface area contributed by atoms with Crippen LogP contribution in [0, 0.1) is 0 Å². The molecule has 92 valence electrons. The van der Waals surface area contributed by atoms with E-state index in [9.17, 15) is 9.46 Å². The van der Waals surface area contributed by atoms with E-state index in [0.717, 1.165) is 5.56 Å². The van der Waals surface area contributed by atoms with Crippen molar-refractivity contribution in [2.45, 2.75) is 0 Å². The van der Waals surface area contributed by atoms with Crippen molar-refractivity contribution in [2.24, 2.45) is 0 Å². The summed E-state index contributed by atoms with van der Waals surface area (Å²) < 4.78 is 21.2. The van der Waals surface area contributed by atoms with Gasteiger partial charge in [0.15, 0.2) is 11.5 Å². The fourth-order valence-electron chi connectivity index (χ4n) is 1.83. The fraction of sp³-hybridized carbons (Fsp3) is 0. The standard InChI is InChI=1S/C12H8ClO4P/c13-9-6-7-10-12(17-18(14,15)16-10)11(9)8-4-2-1-3-5-8/h1-7H,(H,14,15). The fourth-order valence-corrected chi connectivity index (χ4v) is 2.93. The molecule has 2 aromatic rings. The monoisotopic (exact) mass is 282 g/mol. The molecule has 0 aromatic heterocycles. The van der Waals surface area contributed by atoms with Crippen molar-refractivity contribution >= 4 is 19.4 Å². The smallest absolute Gasteiger partial charge is 0.391 e. The Morgan fingerprint density at radius 2 is 1.78 bits per heavy atom. The molecule has 0 fully saturated rings. The van der Waals surface area contributed by atoms with Gasteiger partial charge in [0.1, 0.15) is 0 Å². The maximum atomic E-state index is 11.4. The maximum absolute atomic E-state index is 11.4. The second kappa shape index (κ2) is 4.02. The van der Waals surface area contributed by atoms with Crippen LogP contribution in [0.5, 0.6) is 11.5 Å². The molecule has 0 amide bonds. The van der Waals surface area contributed by atoms with Crippen LogP contribution < -0.4 is 9.05 Å². The maximum Gasteiger partial charge on any atom is 0.585 e. The van der Waals surface area contributed by atoms with Crippen molar-refractivity contribution in [1.29, 1.82) is 0 Å². The van der Waals surface area contributed by atoms with Crippen LogP contribution in [-0.2, 0) is 4.57 Å². The molecule has 2 aromatic carbocycles. The van der Waals surface area contributed by atoms with Gasteiger partial charge in [-0.3, -0.25) is 4.89 Å². The third-order valence-electron chi connectivity index (χ3n) is 2.55. The van der Waals surface area contributed by atoms with E-state index in [1.54, 1.807) is 6.07 Å². The Hall–Kier alpha value is -1.48. The molecule has 1 atom stereocenters. The highest BCUT2D eigenvalue weighted by Gasteiger charge is 2.37. The number of phosphoric ester groups is 1. The molecule has 0 spiro atoms. The minimum absolute atomic E-state index is 0.208. The molecule has 3 rings (SSSR count). The van der Waals surface area contributed by atoms with Crippen molar-refractivity contribution in [3.05, 3.63) is 47.5 Å². The van der Waals surface area contributed by atoms with E-state index in [1.165, 1.54) is 6.07 Å². The molecular weight excluding hydrogens is 275 g/mol. The van der Waals surface area contributed by atoms with E-state index in [4.69, 9.17) is 20.6 Å². The molecule has 1 N–H and O–H groups in total. The summed E-state index contributed by atoms with van der Waals surface area (Å²) in [4.78, 5) is 9.35. The number of hydrogen-bond acceptors (Lipinski definition) is 3. The first-order chi connectivity index (χ1) is 8.57. The molecule has 0 aliphatic carbocycles. The molecule has 6 heteroatoms. The Morgan fingerprint density at radius 3 is 2.50 bits per heavy atom. The normalized spacial score (nSPS) is 21.0. The predicted molar refractivity (Wildman–Crippen MR) is 68.0 cm³/mol. The number of rotatable bonds is 1. The summed E-state index contributed by atoms with van der Waals surface area (Å²) in [7, 11) is -4.05. The zero-order valence-electron chi connectivity index (χ0n) is 9.04. The van der Waals surface area contributed by atoms with Gasteiger partial charge in [-0.2, -0.15) is 0 Å². The molecule has 0 saturated carbocycles. The Bertz CT molecular complexity index is 657. The van der Waals surface area contributed by atoms with Gasteiger partial charge in [-0.05, 0) is 17.7 Å². The van der Waals surface area contributed by atoms with Crippen molar-refractivity contribution < 1.29 is 18.5 Å². The van der Waals surface area contributed by atoms with Gasteiger partial charge >= 0.3 is 7.82 Å². The predicted octanol–water partition coefficient (Wildman–Crippen LogP) is 3.88. The summed E-state index contributed by atoms with van der Waals surface area (Å²) in [6, 6.07) is 12.4. The molecule has 1 aliphatic rings. The van der Waals surface area contributed by atoms with E-state index >= 15 is 0 Å². The Kier molecular flexibility index (Phi) is 2.59. The lowest BCUT2D eigenvalue weighted by Crippen LogP contribution is -1.88. The van der Waals surface area contributed by atoms with Crippen molar-refractivity contribution in [3.8, 4) is 22.6 Å². The highest BCUT2D eigenvalue weighted by Crippen LogP contribution is 2.59. The lowest BCUT2D eigenvalue weighted by atomic mass is 10.0. The second-order valence-electron chi connectivity index (χ2n) is 3.77. The van der Waals surface area contributed by atoms with Gasteiger partial charge in [-0.15, -0.1) is 0 Å². The number of halogens is 1. The van der Waals surface area contributed by atoms with Crippen LogP contribution >= 0.6 is 19.4 Å². The third kappa shape index (κ3) is 1.89. The lowest BCUT2D eigenvalue weighted by molar-refractivity contribution is 0.324. The van der Waals surface area contributed by atoms with Crippen LogP contribution in [0.4, 0.5) is 0 Å². The number of fused-ring (bicyclic) bond motifs is 1. The summed E-state index contributed by atoms with van der Waals surface area (Å²) >= 11 is 6.13. The Morgan fingerprint density at radius 1 is 1.06 bits per heavy atom. The molecule has 4 nitrogen and oxygen atoms in total. The molecule has 18 heavy (non-hydrogen) atoms. The minimum atomic E-state index is -4.05. The first-order valence-electron chi connectivity index (χ1n) is 5.17. The lowest BCUT2D eigenvalue weighted by Gasteiger charge is -2.07. The summed E-state index contributed by atoms with van der Waals surface area (Å²) in [6.07, 6.45) is 0. The van der Waals surface area contributed by atoms with Gasteiger partial charge in [-0.25, -0.2) is 4.57 Å². The third-order valence-corrected chi connectivity index (χ3v) is 3.71. The molecule has 0 radical (unpaired) electrons. The zero-order valence-corrected chi connectivity index (χ0v) is 10.7. The van der Waals surface area contributed by atoms with Gasteiger partial charge in [-0.1, -0.05) is 41.9 Å². The van der Waals surface area contributed by atoms with Gasteiger partial charge in [0.2, 0.25) is 0 Å². The highest BCUT2D eigenvalue weighted by molar-refractivity contribution is 7.48. The quantitative estimate of drug-likeness (QED) is 0.807.